The number of anilines is 3. The normalized spacial score (nSPS) is 12.4. The summed E-state index contributed by atoms with van der Waals surface area (Å²) in [5, 5.41) is 4.84. The SMILES string of the molecule is c1ccc(-c2ccc(-c3ccc(N(c4ccc(C5(c6ccccc6)c6ccccc6-c6ccccc65)cc4)c4c(-c5ccccc5-c5ccccc5)c5ccccc5c5ccccc45)cc3)cc2)cc1. The standard InChI is InChI=1S/C69H47N/c1-4-20-48(21-5-1)49-36-38-50(39-37-49)51-40-44-55(45-41-51)70(56-46-42-54(43-47-56)69(53-24-8-3-9-25-53)65-34-18-16-29-60(65)61-30-17-19-35-66(61)69)68-64-33-15-12-28-59(64)58-27-11-14-32-63(58)67(68)62-31-13-10-26-57(62)52-22-6-2-7-23-52/h1-47H. The first-order chi connectivity index (χ1) is 34.8. The molecule has 0 radical (unpaired) electrons. The molecule has 0 aliphatic heterocycles. The molecule has 0 saturated carbocycles. The Balaban J connectivity index is 1.06. The van der Waals surface area contributed by atoms with Crippen molar-refractivity contribution in [2.24, 2.45) is 0 Å². The molecular formula is C69H47N. The molecule has 12 aromatic carbocycles. The van der Waals surface area contributed by atoms with Crippen LogP contribution in [0.5, 0.6) is 0 Å². The molecule has 1 aliphatic carbocycles. The fourth-order valence-corrected chi connectivity index (χ4v) is 11.5. The van der Waals surface area contributed by atoms with Crippen LogP contribution in [0.15, 0.2) is 285 Å². The molecule has 0 atom stereocenters. The number of rotatable bonds is 9. The number of hydrogen-bond acceptors (Lipinski definition) is 1. The van der Waals surface area contributed by atoms with Crippen LogP contribution in [0.2, 0.25) is 0 Å². The Hall–Kier alpha value is -9.04. The largest absolute Gasteiger partial charge is 0.309 e. The van der Waals surface area contributed by atoms with Crippen molar-refractivity contribution in [1.82, 2.24) is 0 Å². The minimum Gasteiger partial charge on any atom is -0.309 e. The van der Waals surface area contributed by atoms with Gasteiger partial charge in [0.05, 0.1) is 11.1 Å². The second-order valence-electron chi connectivity index (χ2n) is 18.3. The van der Waals surface area contributed by atoms with E-state index in [2.05, 4.69) is 290 Å². The molecule has 1 aliphatic rings. The zero-order valence-corrected chi connectivity index (χ0v) is 38.6. The van der Waals surface area contributed by atoms with Crippen molar-refractivity contribution in [3.8, 4) is 55.6 Å². The molecular weight excluding hydrogens is 843 g/mol. The molecule has 70 heavy (non-hydrogen) atoms. The Morgan fingerprint density at radius 2 is 0.586 bits per heavy atom. The van der Waals surface area contributed by atoms with Crippen molar-refractivity contribution in [3.63, 3.8) is 0 Å². The van der Waals surface area contributed by atoms with E-state index >= 15 is 0 Å². The van der Waals surface area contributed by atoms with Crippen LogP contribution in [0.1, 0.15) is 22.3 Å². The van der Waals surface area contributed by atoms with Crippen LogP contribution in [0.25, 0.3) is 77.2 Å². The quantitative estimate of drug-likeness (QED) is 0.131. The lowest BCUT2D eigenvalue weighted by Crippen LogP contribution is -2.28. The fraction of sp³-hybridized carbons (Fsp3) is 0.0145. The third kappa shape index (κ3) is 6.70. The molecule has 13 rings (SSSR count). The van der Waals surface area contributed by atoms with Gasteiger partial charge in [0, 0.05) is 22.3 Å². The van der Waals surface area contributed by atoms with Crippen molar-refractivity contribution in [2.75, 3.05) is 4.90 Å². The summed E-state index contributed by atoms with van der Waals surface area (Å²) in [5.74, 6) is 0. The Labute approximate surface area is 409 Å². The summed E-state index contributed by atoms with van der Waals surface area (Å²) >= 11 is 0. The number of fused-ring (bicyclic) bond motifs is 6. The first kappa shape index (κ1) is 41.2. The van der Waals surface area contributed by atoms with E-state index in [0.717, 1.165) is 17.1 Å². The molecule has 0 aromatic heterocycles. The Kier molecular flexibility index (Phi) is 10.1. The van der Waals surface area contributed by atoms with Crippen LogP contribution in [0.3, 0.4) is 0 Å². The van der Waals surface area contributed by atoms with Gasteiger partial charge < -0.3 is 4.90 Å². The summed E-state index contributed by atoms with van der Waals surface area (Å²) in [5.41, 5.74) is 20.0. The highest BCUT2D eigenvalue weighted by Gasteiger charge is 2.46. The van der Waals surface area contributed by atoms with Gasteiger partial charge in [-0.3, -0.25) is 0 Å². The molecule has 0 spiro atoms. The maximum absolute atomic E-state index is 2.52. The lowest BCUT2D eigenvalue weighted by atomic mass is 9.67. The zero-order valence-electron chi connectivity index (χ0n) is 38.6. The maximum Gasteiger partial charge on any atom is 0.0713 e. The zero-order chi connectivity index (χ0) is 46.4. The van der Waals surface area contributed by atoms with Crippen molar-refractivity contribution in [1.29, 1.82) is 0 Å². The van der Waals surface area contributed by atoms with Gasteiger partial charge in [0.25, 0.3) is 0 Å². The Morgan fingerprint density at radius 1 is 0.229 bits per heavy atom. The average molecular weight is 890 g/mol. The minimum absolute atomic E-state index is 0.509. The molecule has 12 aromatic rings. The average Bonchev–Trinajstić information content (AvgIpc) is 3.75. The molecule has 0 unspecified atom stereocenters. The summed E-state index contributed by atoms with van der Waals surface area (Å²) in [6, 6.07) is 105. The van der Waals surface area contributed by atoms with Gasteiger partial charge in [-0.1, -0.05) is 261 Å². The summed E-state index contributed by atoms with van der Waals surface area (Å²) < 4.78 is 0. The van der Waals surface area contributed by atoms with E-state index in [0.29, 0.717) is 0 Å². The molecule has 0 fully saturated rings. The molecule has 0 heterocycles. The van der Waals surface area contributed by atoms with E-state index in [4.69, 9.17) is 0 Å². The summed E-state index contributed by atoms with van der Waals surface area (Å²) in [6.45, 7) is 0. The van der Waals surface area contributed by atoms with Crippen molar-refractivity contribution >= 4 is 38.6 Å². The Bertz CT molecular complexity index is 3790. The van der Waals surface area contributed by atoms with Crippen molar-refractivity contribution in [3.05, 3.63) is 307 Å². The Morgan fingerprint density at radius 3 is 1.14 bits per heavy atom. The van der Waals surface area contributed by atoms with Gasteiger partial charge in [-0.25, -0.2) is 0 Å². The first-order valence-corrected chi connectivity index (χ1v) is 24.3. The fourth-order valence-electron chi connectivity index (χ4n) is 11.5. The molecule has 328 valence electrons. The van der Waals surface area contributed by atoms with Crippen molar-refractivity contribution in [2.45, 2.75) is 5.41 Å². The van der Waals surface area contributed by atoms with Crippen LogP contribution in [0, 0.1) is 0 Å². The lowest BCUT2D eigenvalue weighted by molar-refractivity contribution is 0.768. The summed E-state index contributed by atoms with van der Waals surface area (Å²) in [7, 11) is 0. The summed E-state index contributed by atoms with van der Waals surface area (Å²) in [6.07, 6.45) is 0. The highest BCUT2D eigenvalue weighted by molar-refractivity contribution is 6.23. The second-order valence-corrected chi connectivity index (χ2v) is 18.3. The minimum atomic E-state index is -0.509. The molecule has 1 heteroatoms. The number of hydrogen-bond donors (Lipinski definition) is 0. The predicted octanol–water partition coefficient (Wildman–Crippen LogP) is 18.5. The van der Waals surface area contributed by atoms with Gasteiger partial charge in [0.2, 0.25) is 0 Å². The molecule has 0 amide bonds. The van der Waals surface area contributed by atoms with Gasteiger partial charge in [-0.15, -0.1) is 0 Å². The van der Waals surface area contributed by atoms with E-state index < -0.39 is 5.41 Å². The van der Waals surface area contributed by atoms with Gasteiger partial charge in [0.1, 0.15) is 0 Å². The van der Waals surface area contributed by atoms with E-state index in [-0.39, 0.29) is 0 Å². The number of benzene rings is 12. The third-order valence-corrected chi connectivity index (χ3v) is 14.6. The second kappa shape index (κ2) is 17.2. The topological polar surface area (TPSA) is 3.24 Å². The first-order valence-electron chi connectivity index (χ1n) is 24.3. The smallest absolute Gasteiger partial charge is 0.0713 e. The number of nitrogens with zero attached hydrogens (tertiary/aromatic N) is 1. The molecule has 0 saturated heterocycles. The molecule has 0 N–H and O–H groups in total. The van der Waals surface area contributed by atoms with Crippen molar-refractivity contribution < 1.29 is 0 Å². The maximum atomic E-state index is 2.52. The highest BCUT2D eigenvalue weighted by atomic mass is 15.1. The van der Waals surface area contributed by atoms with Crippen LogP contribution < -0.4 is 4.90 Å². The van der Waals surface area contributed by atoms with Crippen LogP contribution in [-0.4, -0.2) is 0 Å². The lowest BCUT2D eigenvalue weighted by Gasteiger charge is -2.35. The van der Waals surface area contributed by atoms with Gasteiger partial charge >= 0.3 is 0 Å². The molecule has 1 nitrogen and oxygen atoms in total. The van der Waals surface area contributed by atoms with E-state index in [1.165, 1.54) is 99.4 Å². The van der Waals surface area contributed by atoms with E-state index in [9.17, 15) is 0 Å². The van der Waals surface area contributed by atoms with E-state index in [1.54, 1.807) is 0 Å². The van der Waals surface area contributed by atoms with Crippen LogP contribution in [0.4, 0.5) is 17.1 Å². The van der Waals surface area contributed by atoms with E-state index in [1.807, 2.05) is 0 Å². The van der Waals surface area contributed by atoms with Gasteiger partial charge in [-0.05, 0) is 113 Å². The highest BCUT2D eigenvalue weighted by Crippen LogP contribution is 2.57. The monoisotopic (exact) mass is 889 g/mol. The van der Waals surface area contributed by atoms with Gasteiger partial charge in [0.15, 0.2) is 0 Å². The summed E-state index contributed by atoms with van der Waals surface area (Å²) in [4.78, 5) is 2.52. The molecule has 0 bridgehead atoms. The van der Waals surface area contributed by atoms with Crippen LogP contribution >= 0.6 is 0 Å². The van der Waals surface area contributed by atoms with Crippen LogP contribution in [-0.2, 0) is 5.41 Å². The third-order valence-electron chi connectivity index (χ3n) is 14.6. The van der Waals surface area contributed by atoms with Gasteiger partial charge in [-0.2, -0.15) is 0 Å². The predicted molar refractivity (Wildman–Crippen MR) is 295 cm³/mol.